The van der Waals surface area contributed by atoms with E-state index in [9.17, 15) is 13.2 Å². The van der Waals surface area contributed by atoms with E-state index >= 15 is 0 Å². The lowest BCUT2D eigenvalue weighted by Crippen LogP contribution is -2.33. The Bertz CT molecular complexity index is 478. The maximum atomic E-state index is 12.3. The minimum absolute atomic E-state index is 0.190. The fourth-order valence-electron chi connectivity index (χ4n) is 2.29. The van der Waals surface area contributed by atoms with Crippen LogP contribution in [0.3, 0.4) is 0 Å². The van der Waals surface area contributed by atoms with Gasteiger partial charge in [-0.2, -0.15) is 18.4 Å². The number of hydrogen-bond acceptors (Lipinski definition) is 4. The predicted molar refractivity (Wildman–Crippen MR) is 68.0 cm³/mol. The van der Waals surface area contributed by atoms with Gasteiger partial charge in [-0.25, -0.2) is 4.98 Å². The van der Waals surface area contributed by atoms with Gasteiger partial charge in [0.15, 0.2) is 0 Å². The van der Waals surface area contributed by atoms with Crippen LogP contribution in [0.2, 0.25) is 0 Å². The van der Waals surface area contributed by atoms with Crippen LogP contribution in [0.4, 0.5) is 19.0 Å². The fraction of sp³-hybridized carbons (Fsp3) is 0.538. The van der Waals surface area contributed by atoms with Gasteiger partial charge in [0.05, 0.1) is 12.1 Å². The predicted octanol–water partition coefficient (Wildman–Crippen LogP) is 2.25. The van der Waals surface area contributed by atoms with E-state index in [1.54, 1.807) is 12.1 Å². The normalized spacial score (nSPS) is 19.8. The number of halogens is 3. The van der Waals surface area contributed by atoms with Gasteiger partial charge in [-0.1, -0.05) is 0 Å². The summed E-state index contributed by atoms with van der Waals surface area (Å²) in [4.78, 5) is 5.49. The first-order valence-electron chi connectivity index (χ1n) is 6.35. The number of nitrogens with one attached hydrogen (secondary N) is 1. The van der Waals surface area contributed by atoms with Gasteiger partial charge in [0, 0.05) is 19.3 Å². The standard InChI is InChI=1S/C13H15F3N4/c14-13(15,16)9-20-4-3-11(8-20)7-19-12-2-1-10(5-17)6-18-12/h1-2,6,11H,3-4,7-9H2,(H,18,19). The topological polar surface area (TPSA) is 52.0 Å². The van der Waals surface area contributed by atoms with Crippen molar-refractivity contribution < 1.29 is 13.2 Å². The molecule has 7 heteroatoms. The summed E-state index contributed by atoms with van der Waals surface area (Å²) in [6.07, 6.45) is -1.91. The molecule has 1 saturated heterocycles. The lowest BCUT2D eigenvalue weighted by atomic mass is 10.1. The van der Waals surface area contributed by atoms with E-state index < -0.39 is 12.7 Å². The number of rotatable bonds is 4. The molecule has 0 spiro atoms. The van der Waals surface area contributed by atoms with E-state index in [-0.39, 0.29) is 5.92 Å². The Morgan fingerprint density at radius 2 is 2.25 bits per heavy atom. The first kappa shape index (κ1) is 14.6. The number of hydrogen-bond donors (Lipinski definition) is 1. The van der Waals surface area contributed by atoms with Gasteiger partial charge in [0.25, 0.3) is 0 Å². The summed E-state index contributed by atoms with van der Waals surface area (Å²) in [6.45, 7) is 0.682. The Labute approximate surface area is 115 Å². The molecule has 2 rings (SSSR count). The molecule has 0 aromatic carbocycles. The zero-order chi connectivity index (χ0) is 14.6. The van der Waals surface area contributed by atoms with Crippen molar-refractivity contribution in [3.63, 3.8) is 0 Å². The van der Waals surface area contributed by atoms with Crippen LogP contribution < -0.4 is 5.32 Å². The Balaban J connectivity index is 1.76. The average Bonchev–Trinajstić information content (AvgIpc) is 2.82. The van der Waals surface area contributed by atoms with Crippen LogP contribution >= 0.6 is 0 Å². The van der Waals surface area contributed by atoms with E-state index in [0.717, 1.165) is 6.42 Å². The molecule has 1 aromatic rings. The van der Waals surface area contributed by atoms with Gasteiger partial charge in [-0.15, -0.1) is 0 Å². The van der Waals surface area contributed by atoms with Crippen molar-refractivity contribution in [1.29, 1.82) is 5.26 Å². The van der Waals surface area contributed by atoms with Gasteiger partial charge in [0.1, 0.15) is 11.9 Å². The Morgan fingerprint density at radius 1 is 1.45 bits per heavy atom. The fourth-order valence-corrected chi connectivity index (χ4v) is 2.29. The molecule has 0 bridgehead atoms. The number of likely N-dealkylation sites (tertiary alicyclic amines) is 1. The summed E-state index contributed by atoms with van der Waals surface area (Å²) in [5, 5.41) is 11.7. The van der Waals surface area contributed by atoms with Crippen molar-refractivity contribution in [2.75, 3.05) is 31.5 Å². The van der Waals surface area contributed by atoms with Crippen molar-refractivity contribution in [2.24, 2.45) is 5.92 Å². The molecule has 0 radical (unpaired) electrons. The van der Waals surface area contributed by atoms with E-state index in [1.807, 2.05) is 6.07 Å². The lowest BCUT2D eigenvalue weighted by Gasteiger charge is -2.18. The summed E-state index contributed by atoms with van der Waals surface area (Å²) in [7, 11) is 0. The molecular formula is C13H15F3N4. The number of anilines is 1. The maximum Gasteiger partial charge on any atom is 0.401 e. The first-order chi connectivity index (χ1) is 9.46. The molecule has 1 fully saturated rings. The van der Waals surface area contributed by atoms with Gasteiger partial charge in [-0.05, 0) is 31.0 Å². The van der Waals surface area contributed by atoms with Crippen molar-refractivity contribution in [3.8, 4) is 6.07 Å². The molecule has 0 aliphatic carbocycles. The van der Waals surface area contributed by atoms with E-state index in [2.05, 4.69) is 10.3 Å². The van der Waals surface area contributed by atoms with Gasteiger partial charge in [-0.3, -0.25) is 4.90 Å². The summed E-state index contributed by atoms with van der Waals surface area (Å²) in [5.74, 6) is 0.827. The smallest absolute Gasteiger partial charge is 0.370 e. The van der Waals surface area contributed by atoms with E-state index in [4.69, 9.17) is 5.26 Å². The van der Waals surface area contributed by atoms with Crippen molar-refractivity contribution >= 4 is 5.82 Å². The second-order valence-corrected chi connectivity index (χ2v) is 4.93. The number of pyridine rings is 1. The molecule has 20 heavy (non-hydrogen) atoms. The molecule has 0 amide bonds. The second-order valence-electron chi connectivity index (χ2n) is 4.93. The highest BCUT2D eigenvalue weighted by Gasteiger charge is 2.34. The Hall–Kier alpha value is -1.81. The van der Waals surface area contributed by atoms with Crippen LogP contribution in [0.1, 0.15) is 12.0 Å². The van der Waals surface area contributed by atoms with Crippen LogP contribution in [0, 0.1) is 17.2 Å². The number of nitriles is 1. The molecule has 1 aromatic heterocycles. The van der Waals surface area contributed by atoms with Crippen LogP contribution in [0.25, 0.3) is 0 Å². The molecule has 2 heterocycles. The highest BCUT2D eigenvalue weighted by molar-refractivity contribution is 5.38. The third-order valence-corrected chi connectivity index (χ3v) is 3.24. The SMILES string of the molecule is N#Cc1ccc(NCC2CCN(CC(F)(F)F)C2)nc1. The van der Waals surface area contributed by atoms with E-state index in [1.165, 1.54) is 11.1 Å². The second kappa shape index (κ2) is 6.09. The zero-order valence-corrected chi connectivity index (χ0v) is 10.8. The molecule has 1 N–H and O–H groups in total. The molecule has 1 aliphatic heterocycles. The molecule has 1 unspecified atom stereocenters. The van der Waals surface area contributed by atoms with Crippen LogP contribution in [0.5, 0.6) is 0 Å². The van der Waals surface area contributed by atoms with Crippen LogP contribution in [-0.2, 0) is 0 Å². The zero-order valence-electron chi connectivity index (χ0n) is 10.8. The molecule has 1 atom stereocenters. The lowest BCUT2D eigenvalue weighted by molar-refractivity contribution is -0.143. The minimum Gasteiger partial charge on any atom is -0.370 e. The summed E-state index contributed by atoms with van der Waals surface area (Å²) in [5.41, 5.74) is 0.479. The van der Waals surface area contributed by atoms with Gasteiger partial charge in [0.2, 0.25) is 0 Å². The average molecular weight is 284 g/mol. The minimum atomic E-state index is -4.13. The summed E-state index contributed by atoms with van der Waals surface area (Å²) >= 11 is 0. The van der Waals surface area contributed by atoms with Crippen molar-refractivity contribution in [3.05, 3.63) is 23.9 Å². The third kappa shape index (κ3) is 4.38. The Morgan fingerprint density at radius 3 is 2.85 bits per heavy atom. The first-order valence-corrected chi connectivity index (χ1v) is 6.35. The van der Waals surface area contributed by atoms with Crippen molar-refractivity contribution in [2.45, 2.75) is 12.6 Å². The summed E-state index contributed by atoms with van der Waals surface area (Å²) in [6, 6.07) is 5.32. The summed E-state index contributed by atoms with van der Waals surface area (Å²) < 4.78 is 36.8. The maximum absolute atomic E-state index is 12.3. The van der Waals surface area contributed by atoms with Crippen LogP contribution in [-0.4, -0.2) is 42.2 Å². The number of nitrogens with zero attached hydrogens (tertiary/aromatic N) is 3. The number of aromatic nitrogens is 1. The Kier molecular flexibility index (Phi) is 4.45. The van der Waals surface area contributed by atoms with Gasteiger partial charge < -0.3 is 5.32 Å². The third-order valence-electron chi connectivity index (χ3n) is 3.24. The van der Waals surface area contributed by atoms with E-state index in [0.29, 0.717) is 31.0 Å². The highest BCUT2D eigenvalue weighted by Crippen LogP contribution is 2.22. The largest absolute Gasteiger partial charge is 0.401 e. The van der Waals surface area contributed by atoms with Gasteiger partial charge >= 0.3 is 6.18 Å². The van der Waals surface area contributed by atoms with Crippen LogP contribution in [0.15, 0.2) is 18.3 Å². The monoisotopic (exact) mass is 284 g/mol. The number of alkyl halides is 3. The molecule has 1 aliphatic rings. The molecule has 0 saturated carbocycles. The molecule has 4 nitrogen and oxygen atoms in total. The van der Waals surface area contributed by atoms with Crippen molar-refractivity contribution in [1.82, 2.24) is 9.88 Å². The highest BCUT2D eigenvalue weighted by atomic mass is 19.4. The quantitative estimate of drug-likeness (QED) is 0.921. The molecular weight excluding hydrogens is 269 g/mol. The molecule has 108 valence electrons.